The van der Waals surface area contributed by atoms with Crippen LogP contribution in [0.4, 0.5) is 11.4 Å². The van der Waals surface area contributed by atoms with Crippen LogP contribution in [0.1, 0.15) is 19.9 Å². The van der Waals surface area contributed by atoms with E-state index in [0.29, 0.717) is 5.69 Å². The molecule has 3 rings (SSSR count). The lowest BCUT2D eigenvalue weighted by Crippen LogP contribution is -2.47. The van der Waals surface area contributed by atoms with E-state index in [1.807, 2.05) is 49.0 Å². The predicted molar refractivity (Wildman–Crippen MR) is 91.8 cm³/mol. The summed E-state index contributed by atoms with van der Waals surface area (Å²) in [6.07, 6.45) is 3.63. The molecule has 2 heterocycles. The number of amides is 2. The smallest absolute Gasteiger partial charge is 0.244 e. The van der Waals surface area contributed by atoms with Crippen molar-refractivity contribution < 1.29 is 9.59 Å². The van der Waals surface area contributed by atoms with Crippen LogP contribution in [-0.4, -0.2) is 40.7 Å². The van der Waals surface area contributed by atoms with Gasteiger partial charge >= 0.3 is 0 Å². The van der Waals surface area contributed by atoms with Crippen molar-refractivity contribution in [2.24, 2.45) is 0 Å². The van der Waals surface area contributed by atoms with Gasteiger partial charge in [-0.25, -0.2) is 0 Å². The molecule has 7 nitrogen and oxygen atoms in total. The number of nitrogens with one attached hydrogen (secondary N) is 2. The van der Waals surface area contributed by atoms with Crippen LogP contribution in [0.25, 0.3) is 0 Å². The summed E-state index contributed by atoms with van der Waals surface area (Å²) in [7, 11) is 0. The first-order valence-corrected chi connectivity index (χ1v) is 7.98. The number of hydrogen-bond acceptors (Lipinski definition) is 4. The van der Waals surface area contributed by atoms with Gasteiger partial charge in [0.1, 0.15) is 6.54 Å². The highest BCUT2D eigenvalue weighted by molar-refractivity contribution is 6.10. The zero-order chi connectivity index (χ0) is 17.1. The van der Waals surface area contributed by atoms with E-state index in [1.54, 1.807) is 12.3 Å². The highest BCUT2D eigenvalue weighted by Crippen LogP contribution is 2.28. The van der Waals surface area contributed by atoms with Crippen LogP contribution in [0.2, 0.25) is 0 Å². The number of anilines is 2. The molecule has 24 heavy (non-hydrogen) atoms. The fourth-order valence-corrected chi connectivity index (χ4v) is 2.72. The summed E-state index contributed by atoms with van der Waals surface area (Å²) in [4.78, 5) is 25.9. The molecule has 1 aliphatic heterocycles. The first kappa shape index (κ1) is 16.2. The molecule has 2 N–H and O–H groups in total. The summed E-state index contributed by atoms with van der Waals surface area (Å²) >= 11 is 0. The maximum absolute atomic E-state index is 12.6. The van der Waals surface area contributed by atoms with Crippen LogP contribution < -0.4 is 15.5 Å². The molecular weight excluding hydrogens is 306 g/mol. The second kappa shape index (κ2) is 6.84. The average molecular weight is 327 g/mol. The molecule has 0 radical (unpaired) electrons. The summed E-state index contributed by atoms with van der Waals surface area (Å²) in [5.74, 6) is -0.308. The van der Waals surface area contributed by atoms with E-state index in [9.17, 15) is 9.59 Å². The zero-order valence-corrected chi connectivity index (χ0v) is 13.8. The molecule has 1 aromatic carbocycles. The lowest BCUT2D eigenvalue weighted by Gasteiger charge is -2.30. The van der Waals surface area contributed by atoms with Gasteiger partial charge in [0, 0.05) is 18.4 Å². The number of rotatable bonds is 5. The summed E-state index contributed by atoms with van der Waals surface area (Å²) in [5, 5.41) is 10.2. The van der Waals surface area contributed by atoms with E-state index < -0.39 is 0 Å². The van der Waals surface area contributed by atoms with Gasteiger partial charge in [0.15, 0.2) is 0 Å². The van der Waals surface area contributed by atoms with E-state index >= 15 is 0 Å². The highest BCUT2D eigenvalue weighted by atomic mass is 16.2. The largest absolute Gasteiger partial charge is 0.323 e. The van der Waals surface area contributed by atoms with Gasteiger partial charge in [-0.1, -0.05) is 12.1 Å². The van der Waals surface area contributed by atoms with Crippen molar-refractivity contribution >= 4 is 23.2 Å². The van der Waals surface area contributed by atoms with Gasteiger partial charge in [-0.15, -0.1) is 0 Å². The van der Waals surface area contributed by atoms with Crippen LogP contribution in [-0.2, 0) is 9.59 Å². The Morgan fingerprint density at radius 2 is 2.12 bits per heavy atom. The highest BCUT2D eigenvalue weighted by Gasteiger charge is 2.26. The normalized spacial score (nSPS) is 16.2. The van der Waals surface area contributed by atoms with Crippen molar-refractivity contribution in [3.05, 3.63) is 42.7 Å². The number of aromatic nitrogens is 2. The van der Waals surface area contributed by atoms with E-state index in [2.05, 4.69) is 15.7 Å². The minimum Gasteiger partial charge on any atom is -0.323 e. The lowest BCUT2D eigenvalue weighted by molar-refractivity contribution is -0.121. The van der Waals surface area contributed by atoms with Crippen LogP contribution in [0.5, 0.6) is 0 Å². The minimum absolute atomic E-state index is 0.0423. The summed E-state index contributed by atoms with van der Waals surface area (Å²) in [5.41, 5.74) is 1.40. The summed E-state index contributed by atoms with van der Waals surface area (Å²) in [6.45, 7) is 4.25. The monoisotopic (exact) mass is 327 g/mol. The second-order valence-electron chi connectivity index (χ2n) is 5.94. The topological polar surface area (TPSA) is 79.3 Å². The Labute approximate surface area is 140 Å². The zero-order valence-electron chi connectivity index (χ0n) is 13.8. The predicted octanol–water partition coefficient (Wildman–Crippen LogP) is 1.41. The molecule has 0 saturated heterocycles. The van der Waals surface area contributed by atoms with Gasteiger partial charge in [-0.2, -0.15) is 5.10 Å². The SMILES string of the molecule is C[C@H]([C@@H](C)NCC(=O)N1CC(=O)Nc2ccccc21)n1cccn1. The number of nitrogens with zero attached hydrogens (tertiary/aromatic N) is 3. The van der Waals surface area contributed by atoms with Gasteiger partial charge in [-0.05, 0) is 32.0 Å². The van der Waals surface area contributed by atoms with Crippen molar-refractivity contribution in [3.63, 3.8) is 0 Å². The van der Waals surface area contributed by atoms with E-state index in [4.69, 9.17) is 0 Å². The Bertz CT molecular complexity index is 728. The Morgan fingerprint density at radius 1 is 1.33 bits per heavy atom. The third kappa shape index (κ3) is 3.30. The number of carbonyl (C=O) groups is 2. The molecule has 0 spiro atoms. The number of carbonyl (C=O) groups excluding carboxylic acids is 2. The van der Waals surface area contributed by atoms with Gasteiger partial charge in [0.05, 0.1) is 24.0 Å². The van der Waals surface area contributed by atoms with Crippen LogP contribution in [0.15, 0.2) is 42.7 Å². The number of hydrogen-bond donors (Lipinski definition) is 2. The first-order valence-electron chi connectivity index (χ1n) is 7.98. The van der Waals surface area contributed by atoms with E-state index in [1.165, 1.54) is 4.90 Å². The molecule has 7 heteroatoms. The molecule has 0 saturated carbocycles. The van der Waals surface area contributed by atoms with Gasteiger partial charge in [0.2, 0.25) is 11.8 Å². The molecule has 126 valence electrons. The maximum Gasteiger partial charge on any atom is 0.244 e. The van der Waals surface area contributed by atoms with Crippen LogP contribution in [0.3, 0.4) is 0 Å². The standard InChI is InChI=1S/C17H21N5O2/c1-12(13(2)22-9-5-8-19-22)18-10-17(24)21-11-16(23)20-14-6-3-4-7-15(14)21/h3-9,12-13,18H,10-11H2,1-2H3,(H,20,23)/t12-,13-/m1/s1. The fraction of sp³-hybridized carbons (Fsp3) is 0.353. The van der Waals surface area contributed by atoms with Gasteiger partial charge < -0.3 is 10.6 Å². The molecule has 2 aromatic rings. The second-order valence-corrected chi connectivity index (χ2v) is 5.94. The van der Waals surface area contributed by atoms with E-state index in [0.717, 1.165) is 5.69 Å². The molecule has 1 aromatic heterocycles. The molecule has 2 amide bonds. The molecule has 0 aliphatic carbocycles. The summed E-state index contributed by atoms with van der Waals surface area (Å²) in [6, 6.07) is 9.36. The quantitative estimate of drug-likeness (QED) is 0.870. The molecule has 0 bridgehead atoms. The average Bonchev–Trinajstić information content (AvgIpc) is 3.12. The molecular formula is C17H21N5O2. The van der Waals surface area contributed by atoms with Crippen molar-refractivity contribution in [1.82, 2.24) is 15.1 Å². The molecule has 1 aliphatic rings. The van der Waals surface area contributed by atoms with Crippen LogP contribution >= 0.6 is 0 Å². The molecule has 0 unspecified atom stereocenters. The van der Waals surface area contributed by atoms with Crippen LogP contribution in [0, 0.1) is 0 Å². The number of para-hydroxylation sites is 2. The maximum atomic E-state index is 12.6. The van der Waals surface area contributed by atoms with Gasteiger partial charge in [-0.3, -0.25) is 19.2 Å². The fourth-order valence-electron chi connectivity index (χ4n) is 2.72. The summed E-state index contributed by atoms with van der Waals surface area (Å²) < 4.78 is 1.85. The first-order chi connectivity index (χ1) is 11.6. The third-order valence-corrected chi connectivity index (χ3v) is 4.31. The number of fused-ring (bicyclic) bond motifs is 1. The third-order valence-electron chi connectivity index (χ3n) is 4.31. The van der Waals surface area contributed by atoms with Crippen molar-refractivity contribution in [1.29, 1.82) is 0 Å². The van der Waals surface area contributed by atoms with Gasteiger partial charge in [0.25, 0.3) is 0 Å². The Kier molecular flexibility index (Phi) is 4.61. The van der Waals surface area contributed by atoms with Crippen molar-refractivity contribution in [2.45, 2.75) is 25.9 Å². The Hall–Kier alpha value is -2.67. The minimum atomic E-state index is -0.181. The number of benzene rings is 1. The Balaban J connectivity index is 1.64. The lowest BCUT2D eigenvalue weighted by atomic mass is 10.1. The molecule has 2 atom stereocenters. The van der Waals surface area contributed by atoms with Crippen molar-refractivity contribution in [2.75, 3.05) is 23.3 Å². The molecule has 0 fully saturated rings. The van der Waals surface area contributed by atoms with E-state index in [-0.39, 0.29) is 37.0 Å². The van der Waals surface area contributed by atoms with Crippen molar-refractivity contribution in [3.8, 4) is 0 Å². The Morgan fingerprint density at radius 3 is 2.88 bits per heavy atom.